The monoisotopic (exact) mass is 411 g/mol. The van der Waals surface area contributed by atoms with Gasteiger partial charge in [0.2, 0.25) is 10.0 Å². The predicted molar refractivity (Wildman–Crippen MR) is 105 cm³/mol. The Labute approximate surface area is 167 Å². The normalized spacial score (nSPS) is 20.7. The molecule has 0 bridgehead atoms. The van der Waals surface area contributed by atoms with Crippen molar-refractivity contribution >= 4 is 15.9 Å². The lowest BCUT2D eigenvalue weighted by Crippen LogP contribution is -2.48. The van der Waals surface area contributed by atoms with Gasteiger partial charge in [-0.3, -0.25) is 4.79 Å². The SMILES string of the molecule is CCN1CCN(S(=O)(=O)c2ccc(O[C@@H](C)C(=O)N3CCOCC3)cc2)CC1. The molecule has 1 amide bonds. The van der Waals surface area contributed by atoms with E-state index in [1.54, 1.807) is 36.1 Å². The molecule has 2 aliphatic heterocycles. The van der Waals surface area contributed by atoms with E-state index in [1.165, 1.54) is 4.31 Å². The third-order valence-electron chi connectivity index (χ3n) is 5.22. The summed E-state index contributed by atoms with van der Waals surface area (Å²) in [5.41, 5.74) is 0. The summed E-state index contributed by atoms with van der Waals surface area (Å²) in [4.78, 5) is 16.6. The fourth-order valence-corrected chi connectivity index (χ4v) is 4.84. The molecular weight excluding hydrogens is 382 g/mol. The van der Waals surface area contributed by atoms with E-state index >= 15 is 0 Å². The first-order valence-electron chi connectivity index (χ1n) is 9.77. The van der Waals surface area contributed by atoms with Crippen molar-refractivity contribution in [2.24, 2.45) is 0 Å². The standard InChI is InChI=1S/C19H29N3O5S/c1-3-20-8-10-22(11-9-20)28(24,25)18-6-4-17(5-7-18)27-16(2)19(23)21-12-14-26-15-13-21/h4-7,16H,3,8-15H2,1-2H3/t16-/m0/s1. The van der Waals surface area contributed by atoms with Gasteiger partial charge < -0.3 is 19.3 Å². The van der Waals surface area contributed by atoms with Crippen LogP contribution in [0.4, 0.5) is 0 Å². The minimum absolute atomic E-state index is 0.0891. The molecule has 28 heavy (non-hydrogen) atoms. The molecule has 1 atom stereocenters. The van der Waals surface area contributed by atoms with Gasteiger partial charge in [0.25, 0.3) is 5.91 Å². The fourth-order valence-electron chi connectivity index (χ4n) is 3.42. The lowest BCUT2D eigenvalue weighted by atomic mass is 10.3. The Bertz CT molecular complexity index is 754. The minimum atomic E-state index is -3.51. The smallest absolute Gasteiger partial charge is 0.263 e. The topological polar surface area (TPSA) is 79.4 Å². The zero-order chi connectivity index (χ0) is 20.1. The van der Waals surface area contributed by atoms with E-state index < -0.39 is 16.1 Å². The maximum atomic E-state index is 12.8. The largest absolute Gasteiger partial charge is 0.481 e. The molecule has 9 heteroatoms. The third kappa shape index (κ3) is 4.83. The molecule has 1 aromatic carbocycles. The van der Waals surface area contributed by atoms with Gasteiger partial charge in [-0.05, 0) is 37.7 Å². The van der Waals surface area contributed by atoms with Crippen LogP contribution in [0.3, 0.4) is 0 Å². The molecule has 0 saturated carbocycles. The van der Waals surface area contributed by atoms with Crippen LogP contribution in [0, 0.1) is 0 Å². The first kappa shape index (κ1) is 21.0. The van der Waals surface area contributed by atoms with Crippen LogP contribution < -0.4 is 4.74 Å². The number of piperazine rings is 1. The second kappa shape index (κ2) is 9.21. The molecule has 2 aliphatic rings. The maximum Gasteiger partial charge on any atom is 0.263 e. The van der Waals surface area contributed by atoms with Crippen LogP contribution in [-0.4, -0.2) is 93.6 Å². The number of carbonyl (C=O) groups excluding carboxylic acids is 1. The molecule has 0 aliphatic carbocycles. The van der Waals surface area contributed by atoms with E-state index in [9.17, 15) is 13.2 Å². The van der Waals surface area contributed by atoms with Crippen molar-refractivity contribution in [2.75, 3.05) is 59.0 Å². The van der Waals surface area contributed by atoms with Crippen LogP contribution in [0.2, 0.25) is 0 Å². The Morgan fingerprint density at radius 1 is 1.07 bits per heavy atom. The number of likely N-dealkylation sites (N-methyl/N-ethyl adjacent to an activating group) is 1. The number of carbonyl (C=O) groups is 1. The highest BCUT2D eigenvalue weighted by molar-refractivity contribution is 7.89. The molecule has 1 aromatic rings. The van der Waals surface area contributed by atoms with Crippen LogP contribution in [-0.2, 0) is 19.6 Å². The Morgan fingerprint density at radius 2 is 1.68 bits per heavy atom. The van der Waals surface area contributed by atoms with Gasteiger partial charge in [-0.15, -0.1) is 0 Å². The van der Waals surface area contributed by atoms with E-state index in [1.807, 2.05) is 0 Å². The molecule has 0 radical (unpaired) electrons. The summed E-state index contributed by atoms with van der Waals surface area (Å²) in [6.07, 6.45) is -0.636. The minimum Gasteiger partial charge on any atom is -0.481 e. The second-order valence-electron chi connectivity index (χ2n) is 7.01. The number of benzene rings is 1. The maximum absolute atomic E-state index is 12.8. The molecule has 156 valence electrons. The van der Waals surface area contributed by atoms with Crippen molar-refractivity contribution in [1.29, 1.82) is 0 Å². The number of ether oxygens (including phenoxy) is 2. The molecule has 0 spiro atoms. The Balaban J connectivity index is 1.60. The van der Waals surface area contributed by atoms with E-state index in [2.05, 4.69) is 11.8 Å². The first-order chi connectivity index (χ1) is 13.4. The molecule has 8 nitrogen and oxygen atoms in total. The lowest BCUT2D eigenvalue weighted by molar-refractivity contribution is -0.142. The highest BCUT2D eigenvalue weighted by Crippen LogP contribution is 2.22. The van der Waals surface area contributed by atoms with Crippen molar-refractivity contribution in [3.63, 3.8) is 0 Å². The molecule has 2 fully saturated rings. The number of nitrogens with zero attached hydrogens (tertiary/aromatic N) is 3. The summed E-state index contributed by atoms with van der Waals surface area (Å²) in [6.45, 7) is 9.42. The van der Waals surface area contributed by atoms with Crippen LogP contribution in [0.25, 0.3) is 0 Å². The van der Waals surface area contributed by atoms with Crippen LogP contribution in [0.1, 0.15) is 13.8 Å². The number of sulfonamides is 1. The number of rotatable bonds is 6. The zero-order valence-electron chi connectivity index (χ0n) is 16.5. The van der Waals surface area contributed by atoms with Gasteiger partial charge in [0.05, 0.1) is 18.1 Å². The Kier molecular flexibility index (Phi) is 6.92. The quantitative estimate of drug-likeness (QED) is 0.684. The third-order valence-corrected chi connectivity index (χ3v) is 7.14. The van der Waals surface area contributed by atoms with E-state index in [4.69, 9.17) is 9.47 Å². The van der Waals surface area contributed by atoms with E-state index in [-0.39, 0.29) is 10.8 Å². The predicted octanol–water partition coefficient (Wildman–Crippen LogP) is 0.639. The molecule has 0 aromatic heterocycles. The van der Waals surface area contributed by atoms with Crippen LogP contribution >= 0.6 is 0 Å². The summed E-state index contributed by atoms with van der Waals surface area (Å²) in [5, 5.41) is 0. The van der Waals surface area contributed by atoms with Crippen LogP contribution in [0.5, 0.6) is 5.75 Å². The number of morpholine rings is 1. The molecule has 2 heterocycles. The molecular formula is C19H29N3O5S. The fraction of sp³-hybridized carbons (Fsp3) is 0.632. The van der Waals surface area contributed by atoms with Gasteiger partial charge in [0, 0.05) is 39.3 Å². The molecule has 3 rings (SSSR count). The molecule has 0 unspecified atom stereocenters. The summed E-state index contributed by atoms with van der Waals surface area (Å²) >= 11 is 0. The van der Waals surface area contributed by atoms with Gasteiger partial charge in [0.1, 0.15) is 5.75 Å². The van der Waals surface area contributed by atoms with Crippen molar-refractivity contribution < 1.29 is 22.7 Å². The highest BCUT2D eigenvalue weighted by atomic mass is 32.2. The van der Waals surface area contributed by atoms with Crippen molar-refractivity contribution in [3.8, 4) is 5.75 Å². The number of amides is 1. The van der Waals surface area contributed by atoms with Gasteiger partial charge >= 0.3 is 0 Å². The first-order valence-corrected chi connectivity index (χ1v) is 11.2. The second-order valence-corrected chi connectivity index (χ2v) is 8.95. The van der Waals surface area contributed by atoms with Crippen molar-refractivity contribution in [1.82, 2.24) is 14.1 Å². The van der Waals surface area contributed by atoms with Gasteiger partial charge in [-0.1, -0.05) is 6.92 Å². The Hall–Kier alpha value is -1.68. The number of hydrogen-bond donors (Lipinski definition) is 0. The Morgan fingerprint density at radius 3 is 2.25 bits per heavy atom. The van der Waals surface area contributed by atoms with E-state index in [0.717, 1.165) is 19.6 Å². The molecule has 2 saturated heterocycles. The lowest BCUT2D eigenvalue weighted by Gasteiger charge is -2.33. The summed E-state index contributed by atoms with van der Waals surface area (Å²) in [6, 6.07) is 6.31. The van der Waals surface area contributed by atoms with Crippen LogP contribution in [0.15, 0.2) is 29.2 Å². The zero-order valence-corrected chi connectivity index (χ0v) is 17.4. The van der Waals surface area contributed by atoms with Gasteiger partial charge in [-0.2, -0.15) is 4.31 Å². The summed E-state index contributed by atoms with van der Waals surface area (Å²) in [7, 11) is -3.51. The van der Waals surface area contributed by atoms with Gasteiger partial charge in [-0.25, -0.2) is 8.42 Å². The van der Waals surface area contributed by atoms with Crippen molar-refractivity contribution in [3.05, 3.63) is 24.3 Å². The average Bonchev–Trinajstić information content (AvgIpc) is 2.74. The van der Waals surface area contributed by atoms with Gasteiger partial charge in [0.15, 0.2) is 6.10 Å². The number of hydrogen-bond acceptors (Lipinski definition) is 6. The average molecular weight is 412 g/mol. The summed E-state index contributed by atoms with van der Waals surface area (Å²) in [5.74, 6) is 0.387. The summed E-state index contributed by atoms with van der Waals surface area (Å²) < 4.78 is 38.2. The highest BCUT2D eigenvalue weighted by Gasteiger charge is 2.28. The van der Waals surface area contributed by atoms with Crippen molar-refractivity contribution in [2.45, 2.75) is 24.8 Å². The van der Waals surface area contributed by atoms with E-state index in [0.29, 0.717) is 45.1 Å². The molecule has 0 N–H and O–H groups in total.